The number of carboxylic acid groups (broad SMARTS) is 1. The average Bonchev–Trinajstić information content (AvgIpc) is 2.36. The number of carbonyl (C=O) groups is 1. The summed E-state index contributed by atoms with van der Waals surface area (Å²) in [7, 11) is 0. The van der Waals surface area contributed by atoms with Crippen LogP contribution in [-0.2, 0) is 0 Å². The van der Waals surface area contributed by atoms with Crippen molar-refractivity contribution >= 4 is 52.5 Å². The Balaban J connectivity index is 2.36. The summed E-state index contributed by atoms with van der Waals surface area (Å²) in [6.07, 6.45) is 0. The first-order valence-electron chi connectivity index (χ1n) is 4.87. The van der Waals surface area contributed by atoms with Crippen molar-refractivity contribution in [1.29, 1.82) is 0 Å². The predicted octanol–water partition coefficient (Wildman–Crippen LogP) is 4.29. The Hall–Kier alpha value is -1.01. The molecule has 1 aromatic heterocycles. The molecule has 0 radical (unpaired) electrons. The van der Waals surface area contributed by atoms with Crippen molar-refractivity contribution in [3.05, 3.63) is 45.2 Å². The fourth-order valence-corrected chi connectivity index (χ4v) is 2.75. The zero-order valence-electron chi connectivity index (χ0n) is 9.10. The summed E-state index contributed by atoms with van der Waals surface area (Å²) in [5.41, 5.74) is 0.0240. The van der Waals surface area contributed by atoms with Gasteiger partial charge in [0, 0.05) is 4.90 Å². The first kappa shape index (κ1) is 14.4. The third-order valence-corrected chi connectivity index (χ3v) is 4.01. The van der Waals surface area contributed by atoms with Gasteiger partial charge in [-0.3, -0.25) is 0 Å². The number of benzene rings is 1. The van der Waals surface area contributed by atoms with Gasteiger partial charge >= 0.3 is 5.97 Å². The number of halogens is 3. The molecule has 0 bridgehead atoms. The van der Waals surface area contributed by atoms with Crippen LogP contribution < -0.4 is 0 Å². The fourth-order valence-electron chi connectivity index (χ4n) is 1.27. The van der Waals surface area contributed by atoms with Gasteiger partial charge in [-0.2, -0.15) is 0 Å². The van der Waals surface area contributed by atoms with Gasteiger partial charge in [-0.1, -0.05) is 46.6 Å². The van der Waals surface area contributed by atoms with Crippen LogP contribution in [0.2, 0.25) is 15.3 Å². The van der Waals surface area contributed by atoms with Crippen molar-refractivity contribution < 1.29 is 9.90 Å². The minimum Gasteiger partial charge on any atom is -0.478 e. The Morgan fingerprint density at radius 1 is 1.16 bits per heavy atom. The molecule has 0 atom stereocenters. The SMILES string of the molecule is O=C(O)c1cc(Sc2cc(Cl)nnc2Cl)ccc1Cl. The minimum absolute atomic E-state index is 0.0240. The van der Waals surface area contributed by atoms with Crippen LogP contribution in [0.4, 0.5) is 0 Å². The number of aromatic carboxylic acids is 1. The van der Waals surface area contributed by atoms with Crippen LogP contribution in [0.3, 0.4) is 0 Å². The van der Waals surface area contributed by atoms with Gasteiger partial charge in [-0.25, -0.2) is 4.79 Å². The Kier molecular flexibility index (Phi) is 4.52. The normalized spacial score (nSPS) is 10.5. The van der Waals surface area contributed by atoms with Gasteiger partial charge in [-0.05, 0) is 24.3 Å². The Morgan fingerprint density at radius 3 is 2.58 bits per heavy atom. The van der Waals surface area contributed by atoms with Gasteiger partial charge in [-0.15, -0.1) is 10.2 Å². The van der Waals surface area contributed by atoms with Crippen molar-refractivity contribution in [1.82, 2.24) is 10.2 Å². The van der Waals surface area contributed by atoms with Gasteiger partial charge in [0.2, 0.25) is 0 Å². The van der Waals surface area contributed by atoms with Crippen molar-refractivity contribution in [2.24, 2.45) is 0 Å². The van der Waals surface area contributed by atoms with E-state index in [1.54, 1.807) is 12.1 Å². The Bertz CT molecular complexity index is 652. The molecule has 1 aromatic carbocycles. The van der Waals surface area contributed by atoms with Gasteiger partial charge in [0.05, 0.1) is 15.5 Å². The highest BCUT2D eigenvalue weighted by atomic mass is 35.5. The number of nitrogens with zero attached hydrogens (tertiary/aromatic N) is 2. The topological polar surface area (TPSA) is 63.1 Å². The van der Waals surface area contributed by atoms with Crippen LogP contribution in [0.25, 0.3) is 0 Å². The van der Waals surface area contributed by atoms with Crippen molar-refractivity contribution in [3.8, 4) is 0 Å². The van der Waals surface area contributed by atoms with Crippen molar-refractivity contribution in [2.45, 2.75) is 9.79 Å². The fraction of sp³-hybridized carbons (Fsp3) is 0. The van der Waals surface area contributed by atoms with E-state index in [4.69, 9.17) is 39.9 Å². The van der Waals surface area contributed by atoms with E-state index in [-0.39, 0.29) is 20.9 Å². The number of hydrogen-bond donors (Lipinski definition) is 1. The molecular weight excluding hydrogens is 331 g/mol. The molecule has 1 heterocycles. The van der Waals surface area contributed by atoms with E-state index >= 15 is 0 Å². The number of hydrogen-bond acceptors (Lipinski definition) is 4. The first-order chi connectivity index (χ1) is 8.97. The second-order valence-electron chi connectivity index (χ2n) is 3.37. The molecule has 0 aliphatic heterocycles. The monoisotopic (exact) mass is 334 g/mol. The molecule has 4 nitrogen and oxygen atoms in total. The van der Waals surface area contributed by atoms with Crippen LogP contribution in [-0.4, -0.2) is 21.3 Å². The quantitative estimate of drug-likeness (QED) is 0.906. The summed E-state index contributed by atoms with van der Waals surface area (Å²) in [5, 5.41) is 16.8. The summed E-state index contributed by atoms with van der Waals surface area (Å²) in [5.74, 6) is -1.09. The van der Waals surface area contributed by atoms with Gasteiger partial charge in [0.1, 0.15) is 0 Å². The molecule has 2 rings (SSSR count). The molecule has 0 spiro atoms. The molecule has 0 saturated carbocycles. The smallest absolute Gasteiger partial charge is 0.337 e. The molecule has 0 saturated heterocycles. The van der Waals surface area contributed by atoms with E-state index < -0.39 is 5.97 Å². The van der Waals surface area contributed by atoms with Crippen molar-refractivity contribution in [3.63, 3.8) is 0 Å². The lowest BCUT2D eigenvalue weighted by Crippen LogP contribution is -1.97. The third-order valence-electron chi connectivity index (χ3n) is 2.08. The highest BCUT2D eigenvalue weighted by molar-refractivity contribution is 7.99. The van der Waals surface area contributed by atoms with E-state index in [1.165, 1.54) is 23.9 Å². The lowest BCUT2D eigenvalue weighted by Gasteiger charge is -2.05. The average molecular weight is 336 g/mol. The summed E-state index contributed by atoms with van der Waals surface area (Å²) in [4.78, 5) is 12.2. The van der Waals surface area contributed by atoms with Gasteiger partial charge in [0.25, 0.3) is 0 Å². The molecule has 0 unspecified atom stereocenters. The highest BCUT2D eigenvalue weighted by Crippen LogP contribution is 2.34. The minimum atomic E-state index is -1.09. The zero-order valence-corrected chi connectivity index (χ0v) is 12.2. The second kappa shape index (κ2) is 5.96. The maximum Gasteiger partial charge on any atom is 0.337 e. The third kappa shape index (κ3) is 3.51. The summed E-state index contributed by atoms with van der Waals surface area (Å²) >= 11 is 18.6. The van der Waals surface area contributed by atoms with E-state index in [2.05, 4.69) is 10.2 Å². The van der Waals surface area contributed by atoms with E-state index in [1.807, 2.05) is 0 Å². The molecule has 0 aliphatic rings. The summed E-state index contributed by atoms with van der Waals surface area (Å²) in [6.45, 7) is 0. The number of rotatable bonds is 3. The summed E-state index contributed by atoms with van der Waals surface area (Å²) in [6, 6.07) is 6.21. The maximum absolute atomic E-state index is 11.0. The van der Waals surface area contributed by atoms with E-state index in [9.17, 15) is 4.79 Å². The predicted molar refractivity (Wildman–Crippen MR) is 74.6 cm³/mol. The van der Waals surface area contributed by atoms with E-state index in [0.717, 1.165) is 0 Å². The van der Waals surface area contributed by atoms with E-state index in [0.29, 0.717) is 9.79 Å². The van der Waals surface area contributed by atoms with Crippen LogP contribution in [0, 0.1) is 0 Å². The number of carboxylic acids is 1. The Labute approximate surface area is 127 Å². The van der Waals surface area contributed by atoms with Gasteiger partial charge < -0.3 is 5.11 Å². The molecular formula is C11H5Cl3N2O2S. The zero-order chi connectivity index (χ0) is 14.0. The molecule has 8 heteroatoms. The van der Waals surface area contributed by atoms with Crippen LogP contribution >= 0.6 is 46.6 Å². The van der Waals surface area contributed by atoms with Crippen LogP contribution in [0.15, 0.2) is 34.1 Å². The van der Waals surface area contributed by atoms with Crippen LogP contribution in [0.5, 0.6) is 0 Å². The first-order valence-corrected chi connectivity index (χ1v) is 6.82. The standard InChI is InChI=1S/C11H5Cl3N2O2S/c12-7-2-1-5(3-6(7)11(17)18)19-8-4-9(13)15-16-10(8)14/h1-4H,(H,17,18). The molecule has 0 amide bonds. The van der Waals surface area contributed by atoms with Crippen molar-refractivity contribution in [2.75, 3.05) is 0 Å². The molecule has 0 aliphatic carbocycles. The summed E-state index contributed by atoms with van der Waals surface area (Å²) < 4.78 is 0. The number of aromatic nitrogens is 2. The maximum atomic E-state index is 11.0. The largest absolute Gasteiger partial charge is 0.478 e. The highest BCUT2D eigenvalue weighted by Gasteiger charge is 2.12. The second-order valence-corrected chi connectivity index (χ2v) is 5.64. The van der Waals surface area contributed by atoms with Gasteiger partial charge in [0.15, 0.2) is 10.3 Å². The molecule has 19 heavy (non-hydrogen) atoms. The molecule has 98 valence electrons. The Morgan fingerprint density at radius 2 is 1.89 bits per heavy atom. The molecule has 0 fully saturated rings. The molecule has 1 N–H and O–H groups in total. The van der Waals surface area contributed by atoms with Crippen LogP contribution in [0.1, 0.15) is 10.4 Å². The lowest BCUT2D eigenvalue weighted by molar-refractivity contribution is 0.0697. The molecule has 2 aromatic rings. The lowest BCUT2D eigenvalue weighted by atomic mass is 10.2.